The summed E-state index contributed by atoms with van der Waals surface area (Å²) in [6.45, 7) is 6.38. The SMILES string of the molecule is CC/C=C\C/C=C\C/C=C\CCCCC(=O)OCC(COC(=O)CCCCC/C=C\C=C/CCCCCCCCC)OC(=O)CC/C=C\C/C=C\CCCCCCCC. The van der Waals surface area contributed by atoms with Gasteiger partial charge in [0.25, 0.3) is 0 Å². The number of allylic oxidation sites excluding steroid dienone is 14. The van der Waals surface area contributed by atoms with Crippen molar-refractivity contribution in [3.8, 4) is 0 Å². The van der Waals surface area contributed by atoms with Crippen LogP contribution in [0.25, 0.3) is 0 Å². The minimum Gasteiger partial charge on any atom is -0.462 e. The number of esters is 3. The Hall–Kier alpha value is -3.41. The first-order chi connectivity index (χ1) is 29.0. The molecule has 0 spiro atoms. The van der Waals surface area contributed by atoms with Gasteiger partial charge in [-0.2, -0.15) is 0 Å². The minimum absolute atomic E-state index is 0.126. The van der Waals surface area contributed by atoms with Gasteiger partial charge in [-0.1, -0.05) is 183 Å². The Morgan fingerprint density at radius 1 is 0.373 bits per heavy atom. The first kappa shape index (κ1) is 55.6. The molecule has 0 heterocycles. The zero-order chi connectivity index (χ0) is 43.0. The Bertz CT molecular complexity index is 1170. The van der Waals surface area contributed by atoms with Crippen molar-refractivity contribution in [2.45, 2.75) is 219 Å². The largest absolute Gasteiger partial charge is 0.462 e. The van der Waals surface area contributed by atoms with Crippen LogP contribution < -0.4 is 0 Å². The molecule has 0 aliphatic heterocycles. The molecule has 0 amide bonds. The highest BCUT2D eigenvalue weighted by atomic mass is 16.6. The van der Waals surface area contributed by atoms with E-state index >= 15 is 0 Å². The van der Waals surface area contributed by atoms with Gasteiger partial charge in [-0.05, 0) is 96.3 Å². The van der Waals surface area contributed by atoms with E-state index in [1.807, 2.05) is 6.08 Å². The van der Waals surface area contributed by atoms with Crippen molar-refractivity contribution in [1.82, 2.24) is 0 Å². The van der Waals surface area contributed by atoms with Crippen molar-refractivity contribution in [3.05, 3.63) is 85.1 Å². The van der Waals surface area contributed by atoms with Crippen LogP contribution in [0, 0.1) is 0 Å². The maximum atomic E-state index is 12.7. The fourth-order valence-corrected chi connectivity index (χ4v) is 6.26. The van der Waals surface area contributed by atoms with Gasteiger partial charge in [0.05, 0.1) is 0 Å². The fraction of sp³-hybridized carbons (Fsp3) is 0.679. The second-order valence-electron chi connectivity index (χ2n) is 15.7. The van der Waals surface area contributed by atoms with E-state index < -0.39 is 12.1 Å². The predicted octanol–water partition coefficient (Wildman–Crippen LogP) is 15.6. The summed E-state index contributed by atoms with van der Waals surface area (Å²) in [6.07, 6.45) is 60.1. The van der Waals surface area contributed by atoms with Crippen molar-refractivity contribution in [3.63, 3.8) is 0 Å². The Morgan fingerprint density at radius 2 is 0.746 bits per heavy atom. The molecule has 0 rings (SSSR count). The summed E-state index contributed by atoms with van der Waals surface area (Å²) in [5, 5.41) is 0. The molecule has 59 heavy (non-hydrogen) atoms. The van der Waals surface area contributed by atoms with Crippen LogP contribution >= 0.6 is 0 Å². The maximum Gasteiger partial charge on any atom is 0.306 e. The normalized spacial score (nSPS) is 12.8. The van der Waals surface area contributed by atoms with Crippen LogP contribution in [-0.4, -0.2) is 37.2 Å². The van der Waals surface area contributed by atoms with Crippen molar-refractivity contribution in [2.75, 3.05) is 13.2 Å². The first-order valence-corrected chi connectivity index (χ1v) is 24.1. The Balaban J connectivity index is 4.54. The fourth-order valence-electron chi connectivity index (χ4n) is 6.26. The number of unbranched alkanes of at least 4 members (excludes halogenated alkanes) is 18. The third-order valence-electron chi connectivity index (χ3n) is 9.89. The molecule has 0 saturated heterocycles. The molecular formula is C53H88O6. The number of rotatable bonds is 42. The standard InChI is InChI=1S/C53H88O6/c1-4-7-10-13-16-19-22-25-26-27-29-31-34-37-40-43-46-52(55)58-49-50(48-57-51(54)45-42-39-36-33-30-24-21-18-15-12-9-6-3)59-53(56)47-44-41-38-35-32-28-23-20-17-14-11-8-5-2/h9,12,18,21,26-33,38,41,50H,4-8,10-11,13-17,19-20,22-25,34-37,39-40,42-49H2,1-3H3/b12-9-,21-18-,27-26-,31-29-,32-28-,33-30-,41-38-. The molecule has 0 aliphatic carbocycles. The van der Waals surface area contributed by atoms with Crippen LogP contribution in [0.4, 0.5) is 0 Å². The lowest BCUT2D eigenvalue weighted by Gasteiger charge is -2.18. The molecule has 6 nitrogen and oxygen atoms in total. The summed E-state index contributed by atoms with van der Waals surface area (Å²) in [5.41, 5.74) is 0. The molecule has 0 N–H and O–H groups in total. The van der Waals surface area contributed by atoms with Gasteiger partial charge < -0.3 is 14.2 Å². The third-order valence-corrected chi connectivity index (χ3v) is 9.89. The van der Waals surface area contributed by atoms with Crippen molar-refractivity contribution >= 4 is 17.9 Å². The highest BCUT2D eigenvalue weighted by Gasteiger charge is 2.19. The monoisotopic (exact) mass is 821 g/mol. The molecule has 1 atom stereocenters. The predicted molar refractivity (Wildman–Crippen MR) is 251 cm³/mol. The number of hydrogen-bond acceptors (Lipinski definition) is 6. The van der Waals surface area contributed by atoms with Gasteiger partial charge in [-0.25, -0.2) is 0 Å². The van der Waals surface area contributed by atoms with Crippen LogP contribution in [0.2, 0.25) is 0 Å². The van der Waals surface area contributed by atoms with E-state index in [-0.39, 0.29) is 31.6 Å². The topological polar surface area (TPSA) is 78.9 Å². The van der Waals surface area contributed by atoms with Gasteiger partial charge in [0, 0.05) is 19.3 Å². The van der Waals surface area contributed by atoms with Gasteiger partial charge in [0.15, 0.2) is 6.10 Å². The molecule has 0 aliphatic rings. The molecule has 0 aromatic heterocycles. The average Bonchev–Trinajstić information content (AvgIpc) is 3.23. The molecule has 336 valence electrons. The molecule has 0 bridgehead atoms. The van der Waals surface area contributed by atoms with E-state index in [0.29, 0.717) is 25.7 Å². The second kappa shape index (κ2) is 47.3. The Morgan fingerprint density at radius 3 is 1.24 bits per heavy atom. The van der Waals surface area contributed by atoms with E-state index in [2.05, 4.69) is 99.8 Å². The number of carbonyl (C=O) groups is 3. The summed E-state index contributed by atoms with van der Waals surface area (Å²) < 4.78 is 16.6. The van der Waals surface area contributed by atoms with E-state index in [9.17, 15) is 14.4 Å². The van der Waals surface area contributed by atoms with Crippen LogP contribution in [0.5, 0.6) is 0 Å². The van der Waals surface area contributed by atoms with Crippen LogP contribution in [0.1, 0.15) is 213 Å². The van der Waals surface area contributed by atoms with Crippen LogP contribution in [-0.2, 0) is 28.6 Å². The molecule has 0 aromatic rings. The molecule has 0 radical (unpaired) electrons. The lowest BCUT2D eigenvalue weighted by atomic mass is 10.1. The van der Waals surface area contributed by atoms with Gasteiger partial charge in [0.2, 0.25) is 0 Å². The van der Waals surface area contributed by atoms with Gasteiger partial charge in [0.1, 0.15) is 13.2 Å². The third kappa shape index (κ3) is 45.5. The summed E-state index contributed by atoms with van der Waals surface area (Å²) in [7, 11) is 0. The van der Waals surface area contributed by atoms with Gasteiger partial charge >= 0.3 is 17.9 Å². The number of carbonyl (C=O) groups excluding carboxylic acids is 3. The first-order valence-electron chi connectivity index (χ1n) is 24.1. The maximum absolute atomic E-state index is 12.7. The lowest BCUT2D eigenvalue weighted by Crippen LogP contribution is -2.30. The number of ether oxygens (including phenoxy) is 3. The summed E-state index contributed by atoms with van der Waals surface area (Å²) in [6, 6.07) is 0. The van der Waals surface area contributed by atoms with Gasteiger partial charge in [-0.3, -0.25) is 14.4 Å². The molecule has 0 aromatic carbocycles. The van der Waals surface area contributed by atoms with Crippen molar-refractivity contribution < 1.29 is 28.6 Å². The van der Waals surface area contributed by atoms with Crippen LogP contribution in [0.3, 0.4) is 0 Å². The summed E-state index contributed by atoms with van der Waals surface area (Å²) >= 11 is 0. The van der Waals surface area contributed by atoms with E-state index in [1.165, 1.54) is 83.5 Å². The molecule has 0 saturated carbocycles. The Labute approximate surface area is 363 Å². The van der Waals surface area contributed by atoms with Gasteiger partial charge in [-0.15, -0.1) is 0 Å². The highest BCUT2D eigenvalue weighted by Crippen LogP contribution is 2.11. The number of hydrogen-bond donors (Lipinski definition) is 0. The quantitative estimate of drug-likeness (QED) is 0.0201. The molecule has 6 heteroatoms. The average molecular weight is 821 g/mol. The van der Waals surface area contributed by atoms with E-state index in [1.54, 1.807) is 0 Å². The Kier molecular flexibility index (Phi) is 44.5. The van der Waals surface area contributed by atoms with E-state index in [0.717, 1.165) is 77.0 Å². The zero-order valence-corrected chi connectivity index (χ0v) is 38.2. The van der Waals surface area contributed by atoms with E-state index in [4.69, 9.17) is 14.2 Å². The molecular weight excluding hydrogens is 733 g/mol. The smallest absolute Gasteiger partial charge is 0.306 e. The zero-order valence-electron chi connectivity index (χ0n) is 38.2. The molecule has 0 fully saturated rings. The summed E-state index contributed by atoms with van der Waals surface area (Å²) in [5.74, 6) is -1.06. The summed E-state index contributed by atoms with van der Waals surface area (Å²) in [4.78, 5) is 37.8. The van der Waals surface area contributed by atoms with Crippen molar-refractivity contribution in [2.24, 2.45) is 0 Å². The second-order valence-corrected chi connectivity index (χ2v) is 15.7. The molecule has 1 unspecified atom stereocenters. The van der Waals surface area contributed by atoms with Crippen LogP contribution in [0.15, 0.2) is 85.1 Å². The van der Waals surface area contributed by atoms with Crippen molar-refractivity contribution in [1.29, 1.82) is 0 Å². The highest BCUT2D eigenvalue weighted by molar-refractivity contribution is 5.71. The minimum atomic E-state index is -0.832. The lowest BCUT2D eigenvalue weighted by molar-refractivity contribution is -0.166.